The number of hydrogen-bond donors (Lipinski definition) is 1. The fourth-order valence-corrected chi connectivity index (χ4v) is 4.77. The van der Waals surface area contributed by atoms with E-state index in [4.69, 9.17) is 14.5 Å². The van der Waals surface area contributed by atoms with Gasteiger partial charge in [0.05, 0.1) is 17.6 Å². The highest BCUT2D eigenvalue weighted by Gasteiger charge is 2.11. The topological polar surface area (TPSA) is 65.4 Å². The van der Waals surface area contributed by atoms with Crippen molar-refractivity contribution in [3.05, 3.63) is 102 Å². The smallest absolute Gasteiger partial charge is 0.257 e. The molecule has 0 bridgehead atoms. The number of amides is 1. The fraction of sp³-hybridized carbons (Fsp3) is 0.273. The first-order chi connectivity index (χ1) is 19.1. The Bertz CT molecular complexity index is 1570. The molecule has 1 amide bonds. The molecule has 4 aromatic carbocycles. The van der Waals surface area contributed by atoms with Gasteiger partial charge in [0, 0.05) is 19.5 Å². The highest BCUT2D eigenvalue weighted by atomic mass is 16.5. The molecule has 0 saturated heterocycles. The Labute approximate surface area is 229 Å². The van der Waals surface area contributed by atoms with Crippen molar-refractivity contribution in [1.29, 1.82) is 0 Å². The van der Waals surface area contributed by atoms with Crippen LogP contribution in [0.1, 0.15) is 29.8 Å². The predicted octanol–water partition coefficient (Wildman–Crippen LogP) is 6.40. The van der Waals surface area contributed by atoms with Crippen molar-refractivity contribution < 1.29 is 14.3 Å². The zero-order valence-electron chi connectivity index (χ0n) is 22.7. The van der Waals surface area contributed by atoms with Gasteiger partial charge in [-0.3, -0.25) is 4.79 Å². The van der Waals surface area contributed by atoms with Crippen LogP contribution in [0.25, 0.3) is 21.8 Å². The van der Waals surface area contributed by atoms with Gasteiger partial charge in [-0.25, -0.2) is 4.98 Å². The molecule has 0 aliphatic heterocycles. The van der Waals surface area contributed by atoms with E-state index in [2.05, 4.69) is 40.2 Å². The standard InChI is InChI=1S/C33H35N3O3/c1-24-14-15-25(2)31(21-24)39-23-33(37)34-18-7-13-32-35-29-11-5-6-12-30(29)36(32)19-8-20-38-28-17-16-26-9-3-4-10-27(26)22-28/h3-6,9-12,14-17,21-22H,7-8,13,18-20,23H2,1-2H3,(H,34,37). The average molecular weight is 522 g/mol. The summed E-state index contributed by atoms with van der Waals surface area (Å²) in [6.07, 6.45) is 2.44. The van der Waals surface area contributed by atoms with E-state index in [0.29, 0.717) is 13.2 Å². The van der Waals surface area contributed by atoms with Crippen LogP contribution in [0.5, 0.6) is 11.5 Å². The minimum absolute atomic E-state index is 0.0139. The number of para-hydroxylation sites is 2. The number of hydrogen-bond acceptors (Lipinski definition) is 4. The van der Waals surface area contributed by atoms with Gasteiger partial charge in [0.1, 0.15) is 17.3 Å². The molecule has 0 spiro atoms. The first-order valence-electron chi connectivity index (χ1n) is 13.6. The van der Waals surface area contributed by atoms with Crippen LogP contribution in [0.3, 0.4) is 0 Å². The van der Waals surface area contributed by atoms with Crippen molar-refractivity contribution in [3.63, 3.8) is 0 Å². The molecule has 0 fully saturated rings. The van der Waals surface area contributed by atoms with Crippen LogP contribution in [-0.2, 0) is 17.8 Å². The Morgan fingerprint density at radius 2 is 1.69 bits per heavy atom. The Hall–Kier alpha value is -4.32. The highest BCUT2D eigenvalue weighted by molar-refractivity contribution is 5.83. The van der Waals surface area contributed by atoms with Gasteiger partial charge in [-0.1, -0.05) is 54.6 Å². The quantitative estimate of drug-likeness (QED) is 0.193. The molecule has 5 rings (SSSR count). The number of imidazole rings is 1. The molecular formula is C33H35N3O3. The first kappa shape index (κ1) is 26.3. The molecule has 200 valence electrons. The minimum Gasteiger partial charge on any atom is -0.494 e. The van der Waals surface area contributed by atoms with Gasteiger partial charge in [-0.2, -0.15) is 0 Å². The van der Waals surface area contributed by atoms with Crippen LogP contribution >= 0.6 is 0 Å². The number of fused-ring (bicyclic) bond motifs is 2. The van der Waals surface area contributed by atoms with Crippen LogP contribution in [0.2, 0.25) is 0 Å². The normalized spacial score (nSPS) is 11.1. The Balaban J connectivity index is 1.11. The van der Waals surface area contributed by atoms with Gasteiger partial charge >= 0.3 is 0 Å². The third kappa shape index (κ3) is 6.77. The van der Waals surface area contributed by atoms with Crippen molar-refractivity contribution in [1.82, 2.24) is 14.9 Å². The van der Waals surface area contributed by atoms with Gasteiger partial charge in [0.15, 0.2) is 6.61 Å². The van der Waals surface area contributed by atoms with E-state index in [1.54, 1.807) is 0 Å². The van der Waals surface area contributed by atoms with Crippen molar-refractivity contribution in [2.24, 2.45) is 0 Å². The maximum absolute atomic E-state index is 12.3. The van der Waals surface area contributed by atoms with Crippen LogP contribution in [0, 0.1) is 13.8 Å². The number of nitrogens with one attached hydrogen (secondary N) is 1. The van der Waals surface area contributed by atoms with E-state index < -0.39 is 0 Å². The molecule has 6 nitrogen and oxygen atoms in total. The molecule has 0 radical (unpaired) electrons. The van der Waals surface area contributed by atoms with Gasteiger partial charge in [0.2, 0.25) is 0 Å². The lowest BCUT2D eigenvalue weighted by molar-refractivity contribution is -0.123. The van der Waals surface area contributed by atoms with Crippen molar-refractivity contribution >= 4 is 27.7 Å². The SMILES string of the molecule is Cc1ccc(C)c(OCC(=O)NCCCc2nc3ccccc3n2CCCOc2ccc3ccccc3c2)c1. The Morgan fingerprint density at radius 3 is 2.59 bits per heavy atom. The van der Waals surface area contributed by atoms with Gasteiger partial charge < -0.3 is 19.4 Å². The molecule has 1 heterocycles. The van der Waals surface area contributed by atoms with Gasteiger partial charge in [0.25, 0.3) is 5.91 Å². The lowest BCUT2D eigenvalue weighted by Gasteiger charge is -2.12. The predicted molar refractivity (Wildman–Crippen MR) is 157 cm³/mol. The number of nitrogens with zero attached hydrogens (tertiary/aromatic N) is 2. The van der Waals surface area contributed by atoms with E-state index in [9.17, 15) is 4.79 Å². The lowest BCUT2D eigenvalue weighted by atomic mass is 10.1. The second-order valence-corrected chi connectivity index (χ2v) is 9.89. The summed E-state index contributed by atoms with van der Waals surface area (Å²) in [6.45, 7) is 6.02. The van der Waals surface area contributed by atoms with E-state index >= 15 is 0 Å². The van der Waals surface area contributed by atoms with E-state index in [0.717, 1.165) is 65.3 Å². The maximum Gasteiger partial charge on any atom is 0.257 e. The third-order valence-electron chi connectivity index (χ3n) is 6.85. The molecule has 0 atom stereocenters. The summed E-state index contributed by atoms with van der Waals surface area (Å²) in [5, 5.41) is 5.37. The number of carbonyl (C=O) groups excluding carboxylic acids is 1. The van der Waals surface area contributed by atoms with Crippen LogP contribution < -0.4 is 14.8 Å². The monoisotopic (exact) mass is 521 g/mol. The second-order valence-electron chi connectivity index (χ2n) is 9.89. The van der Waals surface area contributed by atoms with E-state index in [1.807, 2.05) is 68.4 Å². The third-order valence-corrected chi connectivity index (χ3v) is 6.85. The zero-order valence-corrected chi connectivity index (χ0v) is 22.7. The van der Waals surface area contributed by atoms with Crippen molar-refractivity contribution in [3.8, 4) is 11.5 Å². The summed E-state index contributed by atoms with van der Waals surface area (Å²) in [7, 11) is 0. The highest BCUT2D eigenvalue weighted by Crippen LogP contribution is 2.22. The summed E-state index contributed by atoms with van der Waals surface area (Å²) < 4.78 is 14.1. The molecule has 0 aliphatic carbocycles. The van der Waals surface area contributed by atoms with E-state index in [1.165, 1.54) is 10.8 Å². The largest absolute Gasteiger partial charge is 0.494 e. The molecular weight excluding hydrogens is 486 g/mol. The average Bonchev–Trinajstić information content (AvgIpc) is 3.31. The maximum atomic E-state index is 12.3. The van der Waals surface area contributed by atoms with Crippen LogP contribution in [0.15, 0.2) is 84.9 Å². The molecule has 0 saturated carbocycles. The second kappa shape index (κ2) is 12.5. The molecule has 0 aliphatic rings. The summed E-state index contributed by atoms with van der Waals surface area (Å²) >= 11 is 0. The Kier molecular flexibility index (Phi) is 8.42. The first-order valence-corrected chi connectivity index (χ1v) is 13.6. The fourth-order valence-electron chi connectivity index (χ4n) is 4.77. The summed E-state index contributed by atoms with van der Waals surface area (Å²) in [5.74, 6) is 2.56. The lowest BCUT2D eigenvalue weighted by Crippen LogP contribution is -2.30. The molecule has 6 heteroatoms. The zero-order chi connectivity index (χ0) is 27.0. The van der Waals surface area contributed by atoms with Gasteiger partial charge in [-0.15, -0.1) is 0 Å². The molecule has 1 aromatic heterocycles. The molecule has 0 unspecified atom stereocenters. The number of aromatic nitrogens is 2. The Morgan fingerprint density at radius 1 is 0.872 bits per heavy atom. The molecule has 39 heavy (non-hydrogen) atoms. The van der Waals surface area contributed by atoms with Crippen molar-refractivity contribution in [2.45, 2.75) is 39.7 Å². The number of aryl methyl sites for hydroxylation is 4. The van der Waals surface area contributed by atoms with Crippen LogP contribution in [0.4, 0.5) is 0 Å². The molecule has 5 aromatic rings. The molecule has 1 N–H and O–H groups in total. The minimum atomic E-state index is -0.116. The number of carbonyl (C=O) groups is 1. The number of ether oxygens (including phenoxy) is 2. The van der Waals surface area contributed by atoms with Crippen molar-refractivity contribution in [2.75, 3.05) is 19.8 Å². The van der Waals surface area contributed by atoms with Gasteiger partial charge in [-0.05, 0) is 78.9 Å². The van der Waals surface area contributed by atoms with E-state index in [-0.39, 0.29) is 12.5 Å². The summed E-state index contributed by atoms with van der Waals surface area (Å²) in [6, 6.07) is 28.7. The number of benzene rings is 4. The summed E-state index contributed by atoms with van der Waals surface area (Å²) in [5.41, 5.74) is 4.26. The van der Waals surface area contributed by atoms with Crippen LogP contribution in [-0.4, -0.2) is 35.2 Å². The summed E-state index contributed by atoms with van der Waals surface area (Å²) in [4.78, 5) is 17.2. The number of rotatable bonds is 12.